The minimum Gasteiger partial charge on any atom is -0.356 e. The summed E-state index contributed by atoms with van der Waals surface area (Å²) in [6, 6.07) is 0. The maximum absolute atomic E-state index is 11.6. The van der Waals surface area contributed by atoms with Gasteiger partial charge in [-0.15, -0.1) is 0 Å². The molecule has 1 saturated carbocycles. The van der Waals surface area contributed by atoms with E-state index in [1.54, 1.807) is 0 Å². The fraction of sp³-hybridized carbons (Fsp3) is 0.909. The molecular weight excluding hydrogens is 176 g/mol. The zero-order valence-corrected chi connectivity index (χ0v) is 9.09. The van der Waals surface area contributed by atoms with Crippen LogP contribution in [0.1, 0.15) is 39.0 Å². The molecule has 0 heterocycles. The Morgan fingerprint density at radius 2 is 2.00 bits per heavy atom. The molecule has 3 N–H and O–H groups in total. The van der Waals surface area contributed by atoms with Crippen LogP contribution in [0.25, 0.3) is 0 Å². The van der Waals surface area contributed by atoms with Gasteiger partial charge in [-0.25, -0.2) is 0 Å². The Morgan fingerprint density at radius 1 is 1.36 bits per heavy atom. The number of nitrogens with two attached hydrogens (primary N) is 1. The zero-order chi connectivity index (χ0) is 10.4. The van der Waals surface area contributed by atoms with Crippen molar-refractivity contribution in [2.75, 3.05) is 13.1 Å². The Labute approximate surface area is 86.4 Å². The van der Waals surface area contributed by atoms with Crippen molar-refractivity contribution in [2.45, 2.75) is 39.0 Å². The van der Waals surface area contributed by atoms with E-state index < -0.39 is 0 Å². The fourth-order valence-corrected chi connectivity index (χ4v) is 1.98. The second-order valence-corrected chi connectivity index (χ2v) is 4.39. The van der Waals surface area contributed by atoms with E-state index in [1.165, 1.54) is 12.8 Å². The van der Waals surface area contributed by atoms with Gasteiger partial charge >= 0.3 is 0 Å². The van der Waals surface area contributed by atoms with Crippen LogP contribution in [0.4, 0.5) is 0 Å². The Kier molecular flexibility index (Phi) is 4.94. The maximum Gasteiger partial charge on any atom is 0.223 e. The van der Waals surface area contributed by atoms with Crippen molar-refractivity contribution < 1.29 is 4.79 Å². The van der Waals surface area contributed by atoms with Gasteiger partial charge in [0.05, 0.1) is 0 Å². The first-order valence-corrected chi connectivity index (χ1v) is 5.71. The van der Waals surface area contributed by atoms with E-state index >= 15 is 0 Å². The Hall–Kier alpha value is -0.570. The molecule has 0 unspecified atom stereocenters. The number of hydrogen-bond donors (Lipinski definition) is 2. The van der Waals surface area contributed by atoms with Crippen molar-refractivity contribution in [2.24, 2.45) is 17.6 Å². The minimum atomic E-state index is 0.241. The summed E-state index contributed by atoms with van der Waals surface area (Å²) in [6.07, 6.45) is 5.42. The molecule has 0 atom stereocenters. The lowest BCUT2D eigenvalue weighted by Crippen LogP contribution is -2.34. The third-order valence-electron chi connectivity index (χ3n) is 3.07. The van der Waals surface area contributed by atoms with Crippen LogP contribution in [0.5, 0.6) is 0 Å². The molecule has 0 bridgehead atoms. The molecule has 82 valence electrons. The average Bonchev–Trinajstić information content (AvgIpc) is 2.19. The quantitative estimate of drug-likeness (QED) is 0.669. The lowest BCUT2D eigenvalue weighted by molar-refractivity contribution is -0.126. The van der Waals surface area contributed by atoms with E-state index in [0.717, 1.165) is 31.7 Å². The monoisotopic (exact) mass is 198 g/mol. The third-order valence-corrected chi connectivity index (χ3v) is 3.07. The molecule has 1 aliphatic rings. The van der Waals surface area contributed by atoms with Crippen molar-refractivity contribution in [3.05, 3.63) is 0 Å². The maximum atomic E-state index is 11.6. The first kappa shape index (κ1) is 11.5. The molecule has 1 aliphatic carbocycles. The molecule has 1 amide bonds. The number of nitrogens with one attached hydrogen (secondary N) is 1. The van der Waals surface area contributed by atoms with Gasteiger partial charge in [-0.2, -0.15) is 0 Å². The van der Waals surface area contributed by atoms with Gasteiger partial charge in [-0.3, -0.25) is 4.79 Å². The van der Waals surface area contributed by atoms with Crippen molar-refractivity contribution in [3.63, 3.8) is 0 Å². The number of rotatable bonds is 4. The van der Waals surface area contributed by atoms with Gasteiger partial charge in [0.2, 0.25) is 5.91 Å². The molecule has 3 heteroatoms. The van der Waals surface area contributed by atoms with Crippen LogP contribution in [0.2, 0.25) is 0 Å². The highest BCUT2D eigenvalue weighted by Gasteiger charge is 2.23. The highest BCUT2D eigenvalue weighted by atomic mass is 16.1. The summed E-state index contributed by atoms with van der Waals surface area (Å²) < 4.78 is 0. The van der Waals surface area contributed by atoms with Gasteiger partial charge < -0.3 is 11.1 Å². The van der Waals surface area contributed by atoms with Gasteiger partial charge in [0.1, 0.15) is 0 Å². The van der Waals surface area contributed by atoms with E-state index in [2.05, 4.69) is 12.2 Å². The number of carbonyl (C=O) groups is 1. The van der Waals surface area contributed by atoms with Gasteiger partial charge in [0.25, 0.3) is 0 Å². The molecular formula is C11H22N2O. The molecule has 3 nitrogen and oxygen atoms in total. The summed E-state index contributed by atoms with van der Waals surface area (Å²) in [5.74, 6) is 1.32. The predicted molar refractivity (Wildman–Crippen MR) is 57.8 cm³/mol. The van der Waals surface area contributed by atoms with Crippen LogP contribution in [0.15, 0.2) is 0 Å². The molecule has 0 aromatic carbocycles. The average molecular weight is 198 g/mol. The molecule has 0 aromatic heterocycles. The summed E-state index contributed by atoms with van der Waals surface area (Å²) >= 11 is 0. The van der Waals surface area contributed by atoms with Crippen molar-refractivity contribution in [1.82, 2.24) is 5.32 Å². The van der Waals surface area contributed by atoms with E-state index in [0.29, 0.717) is 6.54 Å². The lowest BCUT2D eigenvalue weighted by Gasteiger charge is -2.25. The topological polar surface area (TPSA) is 55.1 Å². The first-order valence-electron chi connectivity index (χ1n) is 5.71. The van der Waals surface area contributed by atoms with E-state index in [4.69, 9.17) is 5.73 Å². The van der Waals surface area contributed by atoms with E-state index in [9.17, 15) is 4.79 Å². The van der Waals surface area contributed by atoms with Crippen LogP contribution < -0.4 is 11.1 Å². The molecule has 0 spiro atoms. The van der Waals surface area contributed by atoms with Crippen LogP contribution in [-0.4, -0.2) is 19.0 Å². The minimum absolute atomic E-state index is 0.241. The number of amides is 1. The predicted octanol–water partition coefficient (Wildman–Crippen LogP) is 1.28. The van der Waals surface area contributed by atoms with Gasteiger partial charge in [0, 0.05) is 12.5 Å². The summed E-state index contributed by atoms with van der Waals surface area (Å²) in [6.45, 7) is 3.66. The van der Waals surface area contributed by atoms with E-state index in [1.807, 2.05) is 0 Å². The summed E-state index contributed by atoms with van der Waals surface area (Å²) in [5.41, 5.74) is 5.36. The van der Waals surface area contributed by atoms with Crippen LogP contribution in [-0.2, 0) is 4.79 Å². The second kappa shape index (κ2) is 6.02. The van der Waals surface area contributed by atoms with Crippen LogP contribution in [0.3, 0.4) is 0 Å². The van der Waals surface area contributed by atoms with Gasteiger partial charge in [-0.05, 0) is 44.6 Å². The molecule has 0 aromatic rings. The Balaban J connectivity index is 2.17. The molecule has 0 saturated heterocycles. The van der Waals surface area contributed by atoms with Crippen LogP contribution >= 0.6 is 0 Å². The summed E-state index contributed by atoms with van der Waals surface area (Å²) in [7, 11) is 0. The van der Waals surface area contributed by atoms with Crippen molar-refractivity contribution in [3.8, 4) is 0 Å². The second-order valence-electron chi connectivity index (χ2n) is 4.39. The molecule has 1 rings (SSSR count). The smallest absolute Gasteiger partial charge is 0.223 e. The molecule has 0 aliphatic heterocycles. The van der Waals surface area contributed by atoms with Gasteiger partial charge in [-0.1, -0.05) is 6.92 Å². The summed E-state index contributed by atoms with van der Waals surface area (Å²) in [5, 5.41) is 2.95. The number of carbonyl (C=O) groups excluding carboxylic acids is 1. The van der Waals surface area contributed by atoms with Crippen molar-refractivity contribution in [1.29, 1.82) is 0 Å². The molecule has 0 radical (unpaired) electrons. The third kappa shape index (κ3) is 3.66. The van der Waals surface area contributed by atoms with Gasteiger partial charge in [0.15, 0.2) is 0 Å². The molecule has 1 fully saturated rings. The Bertz CT molecular complexity index is 174. The lowest BCUT2D eigenvalue weighted by atomic mass is 9.82. The normalized spacial score (nSPS) is 27.3. The summed E-state index contributed by atoms with van der Waals surface area (Å²) in [4.78, 5) is 11.6. The highest BCUT2D eigenvalue weighted by Crippen LogP contribution is 2.28. The molecule has 14 heavy (non-hydrogen) atoms. The first-order chi connectivity index (χ1) is 6.74. The highest BCUT2D eigenvalue weighted by molar-refractivity contribution is 5.78. The zero-order valence-electron chi connectivity index (χ0n) is 9.09. The van der Waals surface area contributed by atoms with Crippen LogP contribution in [0, 0.1) is 11.8 Å². The van der Waals surface area contributed by atoms with Crippen molar-refractivity contribution >= 4 is 5.91 Å². The largest absolute Gasteiger partial charge is 0.356 e. The van der Waals surface area contributed by atoms with E-state index in [-0.39, 0.29) is 11.8 Å². The standard InChI is InChI=1S/C11H22N2O/c1-9-3-5-10(6-4-9)11(14)13-8-2-7-12/h9-10H,2-8,12H2,1H3,(H,13,14). The SMILES string of the molecule is CC1CCC(C(=O)NCCCN)CC1. The fourth-order valence-electron chi connectivity index (χ4n) is 1.98. The Morgan fingerprint density at radius 3 is 2.57 bits per heavy atom. The number of hydrogen-bond acceptors (Lipinski definition) is 2.